The highest BCUT2D eigenvalue weighted by Gasteiger charge is 2.54. The van der Waals surface area contributed by atoms with Crippen molar-refractivity contribution in [3.8, 4) is 11.6 Å². The third kappa shape index (κ3) is 8.09. The maximum Gasteiger partial charge on any atom is 0.293 e. The minimum absolute atomic E-state index is 0.0401. The van der Waals surface area contributed by atoms with Crippen LogP contribution >= 0.6 is 0 Å². The molecule has 1 saturated carbocycles. The zero-order valence-corrected chi connectivity index (χ0v) is 40.1. The van der Waals surface area contributed by atoms with Gasteiger partial charge in [-0.3, -0.25) is 19.8 Å². The minimum atomic E-state index is -4.59. The van der Waals surface area contributed by atoms with Gasteiger partial charge in [-0.2, -0.15) is 4.98 Å². The Morgan fingerprint density at radius 3 is 2.56 bits per heavy atom. The van der Waals surface area contributed by atoms with Crippen LogP contribution in [0, 0.1) is 21.4 Å². The highest BCUT2D eigenvalue weighted by atomic mass is 32.2. The lowest BCUT2D eigenvalue weighted by molar-refractivity contribution is -0.384. The second-order valence-electron chi connectivity index (χ2n) is 20.5. The number of H-pyrrole nitrogens is 1. The lowest BCUT2D eigenvalue weighted by Crippen LogP contribution is -2.62. The molecular formula is C52H60N8O9S. The van der Waals surface area contributed by atoms with E-state index >= 15 is 0 Å². The maximum absolute atomic E-state index is 14.7. The number of fused-ring (bicyclic) bond motifs is 5. The molecule has 0 unspecified atom stereocenters. The van der Waals surface area contributed by atoms with Gasteiger partial charge in [0.2, 0.25) is 5.88 Å². The standard InChI is InChI=1S/C52H60N8O9S/c61-49(56-70(64,65)38-8-10-41(44(29-38)60(62)63)54-32-34-12-23-66-24-13-34)39-9-7-36(28-43(39)59-42-14-25-67-33-47(42)69-50-45(59)27-35-11-19-53-48(35)55-50)57-21-16-51(17-22-57)30-37(31-51)58-20-4-3-15-52(58)18-26-68-46-6-2-1-5-40(46)52/h1-2,5-11,19,27-29,34,37,42,47,54H,3-4,12-18,20-26,30-33H2,(H,53,55)(H,56,61)/t42-,47-,52-/m1/s1. The number of aromatic nitrogens is 2. The number of piperidine rings is 2. The van der Waals surface area contributed by atoms with Crippen LogP contribution in [0.15, 0.2) is 83.9 Å². The lowest BCUT2D eigenvalue weighted by Gasteiger charge is -2.61. The van der Waals surface area contributed by atoms with Crippen LogP contribution in [0.2, 0.25) is 0 Å². The molecular weight excluding hydrogens is 913 g/mol. The van der Waals surface area contributed by atoms with E-state index in [1.54, 1.807) is 6.07 Å². The number of benzene rings is 3. The van der Waals surface area contributed by atoms with Gasteiger partial charge in [0.15, 0.2) is 0 Å². The number of nitro benzene ring substituents is 1. The van der Waals surface area contributed by atoms with Gasteiger partial charge in [-0.1, -0.05) is 18.2 Å². The summed E-state index contributed by atoms with van der Waals surface area (Å²) in [5.74, 6) is 0.829. The fourth-order valence-corrected chi connectivity index (χ4v) is 13.9. The van der Waals surface area contributed by atoms with Crippen molar-refractivity contribution in [1.29, 1.82) is 0 Å². The van der Waals surface area contributed by atoms with E-state index in [-0.39, 0.29) is 34.2 Å². The Bertz CT molecular complexity index is 2930. The molecule has 1 amide bonds. The summed E-state index contributed by atoms with van der Waals surface area (Å²) < 4.78 is 54.6. The molecule has 5 aromatic rings. The number of nitrogens with zero attached hydrogens (tertiary/aromatic N) is 5. The molecule has 368 valence electrons. The van der Waals surface area contributed by atoms with Gasteiger partial charge in [0.1, 0.15) is 28.9 Å². The predicted octanol–water partition coefficient (Wildman–Crippen LogP) is 8.03. The summed E-state index contributed by atoms with van der Waals surface area (Å²) in [5.41, 5.74) is 4.36. The predicted molar refractivity (Wildman–Crippen MR) is 264 cm³/mol. The number of hydrogen-bond donors (Lipinski definition) is 3. The van der Waals surface area contributed by atoms with Crippen molar-refractivity contribution >= 4 is 55.4 Å². The monoisotopic (exact) mass is 972 g/mol. The average Bonchev–Trinajstić information content (AvgIpc) is 3.84. The van der Waals surface area contributed by atoms with E-state index in [1.165, 1.54) is 49.8 Å². The van der Waals surface area contributed by atoms with E-state index in [4.69, 9.17) is 23.9 Å². The van der Waals surface area contributed by atoms with E-state index in [0.29, 0.717) is 68.3 Å². The number of hydrogen-bond acceptors (Lipinski definition) is 14. The number of anilines is 4. The Kier molecular flexibility index (Phi) is 11.6. The number of nitrogens with one attached hydrogen (secondary N) is 3. The first-order valence-electron chi connectivity index (χ1n) is 25.1. The number of likely N-dealkylation sites (tertiary alicyclic amines) is 1. The second kappa shape index (κ2) is 18.0. The van der Waals surface area contributed by atoms with Crippen LogP contribution in [0.1, 0.15) is 86.6 Å². The van der Waals surface area contributed by atoms with E-state index in [9.17, 15) is 23.3 Å². The average molecular weight is 973 g/mol. The quantitative estimate of drug-likeness (QED) is 0.0900. The summed E-state index contributed by atoms with van der Waals surface area (Å²) in [6.45, 7) is 6.09. The van der Waals surface area contributed by atoms with E-state index in [0.717, 1.165) is 81.2 Å². The molecule has 4 saturated heterocycles. The summed E-state index contributed by atoms with van der Waals surface area (Å²) in [6.07, 6.45) is 12.8. The van der Waals surface area contributed by atoms with Crippen LogP contribution in [-0.4, -0.2) is 112 Å². The number of carbonyl (C=O) groups excluding carboxylic acids is 1. The molecule has 6 aliphatic heterocycles. The zero-order valence-electron chi connectivity index (χ0n) is 39.3. The molecule has 8 heterocycles. The molecule has 12 rings (SSSR count). The fourth-order valence-electron chi connectivity index (χ4n) is 12.9. The number of amides is 1. The highest BCUT2D eigenvalue weighted by Crippen LogP contribution is 2.57. The molecule has 18 heteroatoms. The first kappa shape index (κ1) is 45.2. The number of nitro groups is 1. The normalized spacial score (nSPS) is 24.7. The van der Waals surface area contributed by atoms with Gasteiger partial charge >= 0.3 is 0 Å². The number of pyridine rings is 1. The molecule has 7 aliphatic rings. The lowest BCUT2D eigenvalue weighted by atomic mass is 9.58. The van der Waals surface area contributed by atoms with Crippen LogP contribution in [0.4, 0.5) is 28.4 Å². The van der Waals surface area contributed by atoms with Crippen molar-refractivity contribution < 1.29 is 37.1 Å². The number of para-hydroxylation sites is 1. The number of aromatic amines is 1. The number of carbonyl (C=O) groups is 1. The van der Waals surface area contributed by atoms with Crippen molar-refractivity contribution in [3.63, 3.8) is 0 Å². The summed E-state index contributed by atoms with van der Waals surface area (Å²) >= 11 is 0. The Hall–Kier alpha value is -5.95. The Labute approximate surface area is 407 Å². The smallest absolute Gasteiger partial charge is 0.293 e. The molecule has 3 aromatic carbocycles. The first-order valence-corrected chi connectivity index (χ1v) is 26.6. The zero-order chi connectivity index (χ0) is 47.6. The fraction of sp³-hybridized carbons (Fsp3) is 0.500. The van der Waals surface area contributed by atoms with Gasteiger partial charge in [-0.05, 0) is 131 Å². The molecule has 5 fully saturated rings. The van der Waals surface area contributed by atoms with Crippen LogP contribution in [0.5, 0.6) is 11.6 Å². The SMILES string of the molecule is O=C(NS(=O)(=O)c1ccc(NCC2CCOCC2)c([N+](=O)[O-])c1)c1ccc(N2CCC3(CC2)CC(N2CCCC[C@]24CCOc2ccccc24)C3)cc1N1c2cc3cc[nH]c3nc2O[C@@H]2COCC[C@H]21. The van der Waals surface area contributed by atoms with Crippen LogP contribution < -0.4 is 29.3 Å². The van der Waals surface area contributed by atoms with Gasteiger partial charge in [0.05, 0.1) is 45.9 Å². The maximum atomic E-state index is 14.7. The number of ether oxygens (including phenoxy) is 4. The van der Waals surface area contributed by atoms with Gasteiger partial charge in [-0.25, -0.2) is 13.1 Å². The molecule has 0 bridgehead atoms. The van der Waals surface area contributed by atoms with Crippen molar-refractivity contribution in [2.24, 2.45) is 11.3 Å². The van der Waals surface area contributed by atoms with Crippen molar-refractivity contribution in [1.82, 2.24) is 19.6 Å². The van der Waals surface area contributed by atoms with Crippen molar-refractivity contribution in [3.05, 3.63) is 100 Å². The van der Waals surface area contributed by atoms with E-state index in [1.807, 2.05) is 30.5 Å². The molecule has 17 nitrogen and oxygen atoms in total. The minimum Gasteiger partial charge on any atom is -0.493 e. The Balaban J connectivity index is 0.831. The van der Waals surface area contributed by atoms with E-state index in [2.05, 4.69) is 54.0 Å². The summed E-state index contributed by atoms with van der Waals surface area (Å²) in [4.78, 5) is 41.4. The van der Waals surface area contributed by atoms with Crippen LogP contribution in [0.25, 0.3) is 11.0 Å². The second-order valence-corrected chi connectivity index (χ2v) is 22.2. The molecule has 3 N–H and O–H groups in total. The molecule has 1 aliphatic carbocycles. The number of sulfonamides is 1. The number of rotatable bonds is 10. The molecule has 2 spiro atoms. The third-order valence-corrected chi connectivity index (χ3v) is 18.0. The van der Waals surface area contributed by atoms with Gasteiger partial charge in [-0.15, -0.1) is 0 Å². The van der Waals surface area contributed by atoms with Gasteiger partial charge in [0.25, 0.3) is 21.6 Å². The topological polar surface area (TPSA) is 194 Å². The summed E-state index contributed by atoms with van der Waals surface area (Å²) in [5, 5.41) is 16.3. The summed E-state index contributed by atoms with van der Waals surface area (Å²) in [7, 11) is -4.59. The van der Waals surface area contributed by atoms with Crippen molar-refractivity contribution in [2.75, 3.05) is 74.3 Å². The van der Waals surface area contributed by atoms with Crippen molar-refractivity contribution in [2.45, 2.75) is 99.3 Å². The Morgan fingerprint density at radius 2 is 1.71 bits per heavy atom. The third-order valence-electron chi connectivity index (χ3n) is 16.6. The van der Waals surface area contributed by atoms with Gasteiger partial charge in [0, 0.05) is 80.8 Å². The first-order chi connectivity index (χ1) is 34.1. The van der Waals surface area contributed by atoms with E-state index < -0.39 is 37.5 Å². The largest absolute Gasteiger partial charge is 0.493 e. The Morgan fingerprint density at radius 1 is 0.886 bits per heavy atom. The van der Waals surface area contributed by atoms with Crippen LogP contribution in [-0.2, 0) is 25.0 Å². The molecule has 0 radical (unpaired) electrons. The van der Waals surface area contributed by atoms with Crippen LogP contribution in [0.3, 0.4) is 0 Å². The molecule has 2 aromatic heterocycles. The highest BCUT2D eigenvalue weighted by molar-refractivity contribution is 7.90. The van der Waals surface area contributed by atoms with Gasteiger partial charge < -0.3 is 39.0 Å². The molecule has 3 atom stereocenters. The molecule has 70 heavy (non-hydrogen) atoms. The summed E-state index contributed by atoms with van der Waals surface area (Å²) in [6, 6.07) is 22.2.